The van der Waals surface area contributed by atoms with Crippen molar-refractivity contribution in [2.24, 2.45) is 17.6 Å². The van der Waals surface area contributed by atoms with Gasteiger partial charge in [-0.2, -0.15) is 0 Å². The third-order valence-corrected chi connectivity index (χ3v) is 6.34. The molecule has 1 aliphatic heterocycles. The number of benzene rings is 1. The van der Waals surface area contributed by atoms with Crippen molar-refractivity contribution < 1.29 is 4.74 Å². The molecule has 0 amide bonds. The summed E-state index contributed by atoms with van der Waals surface area (Å²) in [6.07, 6.45) is 8.33. The number of rotatable bonds is 7. The van der Waals surface area contributed by atoms with E-state index in [2.05, 4.69) is 57.2 Å². The molecule has 3 atom stereocenters. The first-order chi connectivity index (χ1) is 12.2. The minimum Gasteiger partial charge on any atom is -0.378 e. The van der Waals surface area contributed by atoms with E-state index < -0.39 is 0 Å². The first-order valence-corrected chi connectivity index (χ1v) is 10.5. The van der Waals surface area contributed by atoms with Crippen LogP contribution in [0.4, 0.5) is 0 Å². The molecule has 25 heavy (non-hydrogen) atoms. The normalized spacial score (nSPS) is 27.9. The SMILES string of the molecule is NCCC1CCN(Cc2ccccc2)CC1COC1CC=C(Br)CC1. The lowest BCUT2D eigenvalue weighted by Crippen LogP contribution is -2.43. The molecular formula is C21H31BrN2O. The minimum atomic E-state index is 0.393. The van der Waals surface area contributed by atoms with Gasteiger partial charge in [0.05, 0.1) is 12.7 Å². The van der Waals surface area contributed by atoms with Crippen molar-refractivity contribution in [3.05, 3.63) is 46.5 Å². The van der Waals surface area contributed by atoms with Gasteiger partial charge in [-0.3, -0.25) is 4.90 Å². The monoisotopic (exact) mass is 406 g/mol. The molecule has 1 aromatic rings. The Bertz CT molecular complexity index is 548. The Labute approximate surface area is 160 Å². The van der Waals surface area contributed by atoms with Gasteiger partial charge in [0.2, 0.25) is 0 Å². The number of allylic oxidation sites excluding steroid dienone is 1. The van der Waals surface area contributed by atoms with Gasteiger partial charge in [0.15, 0.2) is 0 Å². The van der Waals surface area contributed by atoms with Crippen LogP contribution in [-0.2, 0) is 11.3 Å². The number of nitrogens with two attached hydrogens (primary N) is 1. The maximum Gasteiger partial charge on any atom is 0.0613 e. The second-order valence-electron chi connectivity index (χ2n) is 7.49. The number of halogens is 1. The number of hydrogen-bond acceptors (Lipinski definition) is 3. The van der Waals surface area contributed by atoms with Crippen molar-refractivity contribution in [3.8, 4) is 0 Å². The highest BCUT2D eigenvalue weighted by Crippen LogP contribution is 2.30. The van der Waals surface area contributed by atoms with Crippen LogP contribution in [0, 0.1) is 11.8 Å². The molecule has 0 aromatic heterocycles. The summed E-state index contributed by atoms with van der Waals surface area (Å²) in [4.78, 5) is 2.59. The number of nitrogens with zero attached hydrogens (tertiary/aromatic N) is 1. The van der Waals surface area contributed by atoms with E-state index in [4.69, 9.17) is 10.5 Å². The van der Waals surface area contributed by atoms with E-state index in [0.29, 0.717) is 17.9 Å². The van der Waals surface area contributed by atoms with E-state index in [1.54, 1.807) is 0 Å². The predicted octanol–water partition coefficient (Wildman–Crippen LogP) is 4.32. The predicted molar refractivity (Wildman–Crippen MR) is 108 cm³/mol. The Balaban J connectivity index is 1.53. The third kappa shape index (κ3) is 5.92. The van der Waals surface area contributed by atoms with Gasteiger partial charge < -0.3 is 10.5 Å². The first kappa shape index (κ1) is 19.1. The minimum absolute atomic E-state index is 0.393. The highest BCUT2D eigenvalue weighted by Gasteiger charge is 2.29. The van der Waals surface area contributed by atoms with Gasteiger partial charge in [0.1, 0.15) is 0 Å². The number of piperidine rings is 1. The summed E-state index contributed by atoms with van der Waals surface area (Å²) in [5.74, 6) is 1.32. The molecule has 0 spiro atoms. The average molecular weight is 407 g/mol. The van der Waals surface area contributed by atoms with Crippen LogP contribution in [0.5, 0.6) is 0 Å². The Morgan fingerprint density at radius 2 is 2.00 bits per heavy atom. The van der Waals surface area contributed by atoms with Gasteiger partial charge in [-0.1, -0.05) is 52.3 Å². The fourth-order valence-corrected chi connectivity index (χ4v) is 4.53. The Hall–Kier alpha value is -0.680. The molecule has 1 saturated heterocycles. The molecule has 1 heterocycles. The highest BCUT2D eigenvalue weighted by atomic mass is 79.9. The lowest BCUT2D eigenvalue weighted by atomic mass is 9.83. The van der Waals surface area contributed by atoms with Crippen molar-refractivity contribution in [1.82, 2.24) is 4.90 Å². The standard InChI is InChI=1S/C21H31BrN2O/c22-20-6-8-21(9-7-20)25-16-19-15-24(13-11-18(19)10-12-23)14-17-4-2-1-3-5-17/h1-6,18-19,21H,7-16,23H2. The van der Waals surface area contributed by atoms with Crippen LogP contribution in [0.3, 0.4) is 0 Å². The Morgan fingerprint density at radius 1 is 1.16 bits per heavy atom. The van der Waals surface area contributed by atoms with Gasteiger partial charge in [-0.15, -0.1) is 0 Å². The van der Waals surface area contributed by atoms with E-state index in [1.165, 1.54) is 23.0 Å². The molecule has 2 N–H and O–H groups in total. The topological polar surface area (TPSA) is 38.5 Å². The molecule has 138 valence electrons. The molecular weight excluding hydrogens is 376 g/mol. The lowest BCUT2D eigenvalue weighted by Gasteiger charge is -2.39. The maximum atomic E-state index is 6.31. The van der Waals surface area contributed by atoms with Crippen LogP contribution in [-0.4, -0.2) is 37.2 Å². The van der Waals surface area contributed by atoms with E-state index in [-0.39, 0.29) is 0 Å². The van der Waals surface area contributed by atoms with Gasteiger partial charge in [-0.25, -0.2) is 0 Å². The summed E-state index contributed by atoms with van der Waals surface area (Å²) >= 11 is 3.60. The zero-order valence-electron chi connectivity index (χ0n) is 15.1. The van der Waals surface area contributed by atoms with Crippen LogP contribution in [0.15, 0.2) is 40.9 Å². The van der Waals surface area contributed by atoms with Crippen molar-refractivity contribution in [3.63, 3.8) is 0 Å². The smallest absolute Gasteiger partial charge is 0.0613 e. The summed E-state index contributed by atoms with van der Waals surface area (Å²) in [6.45, 7) is 5.03. The van der Waals surface area contributed by atoms with Crippen molar-refractivity contribution in [2.45, 2.75) is 44.8 Å². The molecule has 0 saturated carbocycles. The van der Waals surface area contributed by atoms with E-state index in [0.717, 1.165) is 51.9 Å². The van der Waals surface area contributed by atoms with E-state index >= 15 is 0 Å². The molecule has 1 aromatic carbocycles. The molecule has 3 nitrogen and oxygen atoms in total. The van der Waals surface area contributed by atoms with Gasteiger partial charge in [-0.05, 0) is 67.1 Å². The van der Waals surface area contributed by atoms with Crippen LogP contribution in [0.2, 0.25) is 0 Å². The molecule has 0 radical (unpaired) electrons. The van der Waals surface area contributed by atoms with Gasteiger partial charge in [0.25, 0.3) is 0 Å². The molecule has 2 aliphatic rings. The average Bonchev–Trinajstić information content (AvgIpc) is 2.64. The summed E-state index contributed by atoms with van der Waals surface area (Å²) < 4.78 is 7.65. The van der Waals surface area contributed by atoms with E-state index in [1.807, 2.05) is 0 Å². The lowest BCUT2D eigenvalue weighted by molar-refractivity contribution is -0.0167. The molecule has 3 rings (SSSR count). The summed E-state index contributed by atoms with van der Waals surface area (Å²) in [7, 11) is 0. The Kier molecular flexibility index (Phi) is 7.53. The Morgan fingerprint density at radius 3 is 2.72 bits per heavy atom. The largest absolute Gasteiger partial charge is 0.378 e. The van der Waals surface area contributed by atoms with E-state index in [9.17, 15) is 0 Å². The van der Waals surface area contributed by atoms with Gasteiger partial charge in [0, 0.05) is 13.1 Å². The highest BCUT2D eigenvalue weighted by molar-refractivity contribution is 9.11. The fraction of sp³-hybridized carbons (Fsp3) is 0.619. The number of likely N-dealkylation sites (tertiary alicyclic amines) is 1. The molecule has 1 aliphatic carbocycles. The summed E-state index contributed by atoms with van der Waals surface area (Å²) in [6, 6.07) is 10.8. The number of ether oxygens (including phenoxy) is 1. The fourth-order valence-electron chi connectivity index (χ4n) is 4.11. The maximum absolute atomic E-state index is 6.31. The van der Waals surface area contributed by atoms with Crippen LogP contribution in [0.25, 0.3) is 0 Å². The zero-order chi connectivity index (χ0) is 17.5. The van der Waals surface area contributed by atoms with Crippen LogP contribution >= 0.6 is 15.9 Å². The molecule has 0 bridgehead atoms. The van der Waals surface area contributed by atoms with Crippen LogP contribution in [0.1, 0.15) is 37.7 Å². The third-order valence-electron chi connectivity index (χ3n) is 5.62. The molecule has 4 heteroatoms. The second kappa shape index (κ2) is 9.86. The van der Waals surface area contributed by atoms with Crippen molar-refractivity contribution in [1.29, 1.82) is 0 Å². The molecule has 3 unspecified atom stereocenters. The quantitative estimate of drug-likeness (QED) is 0.732. The summed E-state index contributed by atoms with van der Waals surface area (Å²) in [5.41, 5.74) is 7.27. The number of hydrogen-bond donors (Lipinski definition) is 1. The zero-order valence-corrected chi connectivity index (χ0v) is 16.7. The first-order valence-electron chi connectivity index (χ1n) is 9.67. The second-order valence-corrected chi connectivity index (χ2v) is 8.51. The summed E-state index contributed by atoms with van der Waals surface area (Å²) in [5, 5.41) is 0. The van der Waals surface area contributed by atoms with Crippen molar-refractivity contribution >= 4 is 15.9 Å². The van der Waals surface area contributed by atoms with Gasteiger partial charge >= 0.3 is 0 Å². The van der Waals surface area contributed by atoms with Crippen molar-refractivity contribution in [2.75, 3.05) is 26.2 Å². The van der Waals surface area contributed by atoms with Crippen LogP contribution < -0.4 is 5.73 Å². The molecule has 1 fully saturated rings.